The normalized spacial score (nSPS) is 12.0. The number of nitrogens with zero attached hydrogens (tertiary/aromatic N) is 5. The maximum absolute atomic E-state index is 14.7. The number of benzene rings is 2. The van der Waals surface area contributed by atoms with E-state index in [1.807, 2.05) is 6.92 Å². The Balaban J connectivity index is 1.66. The molecule has 0 saturated heterocycles. The fourth-order valence-electron chi connectivity index (χ4n) is 4.82. The van der Waals surface area contributed by atoms with Crippen LogP contribution in [0.2, 0.25) is 0 Å². The van der Waals surface area contributed by atoms with Gasteiger partial charge in [0.1, 0.15) is 11.3 Å². The van der Waals surface area contributed by atoms with Crippen molar-refractivity contribution in [3.8, 4) is 22.8 Å². The van der Waals surface area contributed by atoms with E-state index < -0.39 is 27.2 Å². The van der Waals surface area contributed by atoms with Gasteiger partial charge in [0.15, 0.2) is 17.2 Å². The number of aryl methyl sites for hydroxylation is 4. The number of fused-ring (bicyclic) bond motifs is 2. The fourth-order valence-corrected chi connectivity index (χ4v) is 6.17. The number of hydrogen-bond donors (Lipinski definition) is 0. The summed E-state index contributed by atoms with van der Waals surface area (Å²) in [6, 6.07) is 12.5. The maximum atomic E-state index is 14.7. The highest BCUT2D eigenvalue weighted by Gasteiger charge is 2.27. The Hall–Kier alpha value is -4.84. The van der Waals surface area contributed by atoms with Crippen molar-refractivity contribution in [2.45, 2.75) is 25.7 Å². The van der Waals surface area contributed by atoms with Gasteiger partial charge < -0.3 is 9.30 Å². The number of pyridine rings is 1. The van der Waals surface area contributed by atoms with Gasteiger partial charge in [0, 0.05) is 42.5 Å². The molecule has 0 aliphatic rings. The Kier molecular flexibility index (Phi) is 6.03. The highest BCUT2D eigenvalue weighted by atomic mass is 32.2. The summed E-state index contributed by atoms with van der Waals surface area (Å²) < 4.78 is 65.3. The second-order valence-corrected chi connectivity index (χ2v) is 11.6. The molecule has 0 aliphatic carbocycles. The molecule has 0 saturated carbocycles. The van der Waals surface area contributed by atoms with E-state index in [2.05, 4.69) is 10.1 Å². The van der Waals surface area contributed by atoms with Gasteiger partial charge in [-0.15, -0.1) is 0 Å². The van der Waals surface area contributed by atoms with Crippen molar-refractivity contribution < 1.29 is 21.9 Å². The third-order valence-corrected chi connectivity index (χ3v) is 8.49. The van der Waals surface area contributed by atoms with Crippen molar-refractivity contribution in [2.24, 2.45) is 7.05 Å². The van der Waals surface area contributed by atoms with E-state index in [0.717, 1.165) is 21.7 Å². The Labute approximate surface area is 232 Å². The fraction of sp³-hybridized carbons (Fsp3) is 0.138. The maximum Gasteiger partial charge on any atom is 0.275 e. The predicted octanol–water partition coefficient (Wildman–Crippen LogP) is 5.28. The zero-order chi connectivity index (χ0) is 29.2. The lowest BCUT2D eigenvalue weighted by atomic mass is 10.0. The van der Waals surface area contributed by atoms with E-state index in [0.29, 0.717) is 39.6 Å². The smallest absolute Gasteiger partial charge is 0.275 e. The number of halogens is 2. The second-order valence-electron chi connectivity index (χ2n) is 9.76. The van der Waals surface area contributed by atoms with Crippen LogP contribution in [0.15, 0.2) is 76.7 Å². The van der Waals surface area contributed by atoms with Crippen LogP contribution in [-0.4, -0.2) is 31.6 Å². The van der Waals surface area contributed by atoms with Crippen LogP contribution in [0.1, 0.15) is 17.0 Å². The number of hydrogen-bond acceptors (Lipinski definition) is 6. The molecule has 208 valence electrons. The molecule has 0 fully saturated rings. The summed E-state index contributed by atoms with van der Waals surface area (Å²) >= 11 is 0. The summed E-state index contributed by atoms with van der Waals surface area (Å²) in [4.78, 5) is 18.1. The number of rotatable bonds is 5. The van der Waals surface area contributed by atoms with Crippen molar-refractivity contribution in [3.63, 3.8) is 0 Å². The molecule has 9 nitrogen and oxygen atoms in total. The van der Waals surface area contributed by atoms with E-state index in [-0.39, 0.29) is 22.0 Å². The van der Waals surface area contributed by atoms with E-state index in [9.17, 15) is 22.0 Å². The molecule has 0 amide bonds. The van der Waals surface area contributed by atoms with Crippen molar-refractivity contribution in [2.75, 3.05) is 0 Å². The molecule has 0 radical (unpaired) electrons. The molecule has 41 heavy (non-hydrogen) atoms. The molecule has 2 aromatic carbocycles. The minimum atomic E-state index is -4.13. The third kappa shape index (κ3) is 4.27. The molecular formula is C29H23F2N5O4S. The SMILES string of the molecule is Cc1ccc(S(=O)(=O)n2ccc3c(-c4c(C)nc5cc(C)nn5c4Oc4ccc(F)cc4F)cn(C)c(=O)c32)cc1. The van der Waals surface area contributed by atoms with Gasteiger partial charge in [-0.05, 0) is 51.1 Å². The van der Waals surface area contributed by atoms with Crippen LogP contribution >= 0.6 is 0 Å². The van der Waals surface area contributed by atoms with Gasteiger partial charge in [-0.2, -0.15) is 9.61 Å². The molecule has 4 heterocycles. The lowest BCUT2D eigenvalue weighted by Crippen LogP contribution is -2.22. The zero-order valence-electron chi connectivity index (χ0n) is 22.4. The van der Waals surface area contributed by atoms with Gasteiger partial charge in [-0.25, -0.2) is 26.2 Å². The first kappa shape index (κ1) is 26.4. The largest absolute Gasteiger partial charge is 0.435 e. The number of ether oxygens (including phenoxy) is 1. The highest BCUT2D eigenvalue weighted by Crippen LogP contribution is 2.40. The Morgan fingerprint density at radius 3 is 2.39 bits per heavy atom. The first-order valence-electron chi connectivity index (χ1n) is 12.5. The first-order chi connectivity index (χ1) is 19.5. The second kappa shape index (κ2) is 9.37. The van der Waals surface area contributed by atoms with Crippen LogP contribution in [0.5, 0.6) is 11.6 Å². The summed E-state index contributed by atoms with van der Waals surface area (Å²) in [5.74, 6) is -1.89. The predicted molar refractivity (Wildman–Crippen MR) is 149 cm³/mol. The Morgan fingerprint density at radius 2 is 1.68 bits per heavy atom. The molecule has 0 bridgehead atoms. The molecule has 4 aromatic heterocycles. The Morgan fingerprint density at radius 1 is 0.951 bits per heavy atom. The van der Waals surface area contributed by atoms with E-state index in [4.69, 9.17) is 4.74 Å². The minimum Gasteiger partial charge on any atom is -0.435 e. The van der Waals surface area contributed by atoms with E-state index in [1.165, 1.54) is 46.7 Å². The van der Waals surface area contributed by atoms with Crippen LogP contribution in [0.3, 0.4) is 0 Å². The van der Waals surface area contributed by atoms with Gasteiger partial charge in [0.2, 0.25) is 5.88 Å². The highest BCUT2D eigenvalue weighted by molar-refractivity contribution is 7.90. The molecule has 12 heteroatoms. The zero-order valence-corrected chi connectivity index (χ0v) is 23.2. The average Bonchev–Trinajstić information content (AvgIpc) is 3.52. The topological polar surface area (TPSA) is 100 Å². The third-order valence-electron chi connectivity index (χ3n) is 6.80. The quantitative estimate of drug-likeness (QED) is 0.277. The standard InChI is InChI=1S/C29H23F2N5O4S/c1-16-5-8-20(9-6-16)41(38,39)35-12-11-21-22(15-34(4)28(37)27(21)35)26-18(3)32-25-13-17(2)33-36(25)29(26)40-24-10-7-19(30)14-23(24)31/h5-15H,1-4H3. The summed E-state index contributed by atoms with van der Waals surface area (Å²) in [5, 5.41) is 4.76. The molecule has 0 aliphatic heterocycles. The molecule has 0 atom stereocenters. The van der Waals surface area contributed by atoms with Gasteiger partial charge in [0.25, 0.3) is 15.6 Å². The lowest BCUT2D eigenvalue weighted by Gasteiger charge is -2.17. The first-order valence-corrected chi connectivity index (χ1v) is 13.9. The molecular weight excluding hydrogens is 552 g/mol. The lowest BCUT2D eigenvalue weighted by molar-refractivity contribution is 0.413. The van der Waals surface area contributed by atoms with Gasteiger partial charge in [0.05, 0.1) is 21.8 Å². The van der Waals surface area contributed by atoms with Crippen molar-refractivity contribution >= 4 is 26.6 Å². The van der Waals surface area contributed by atoms with Crippen LogP contribution in [0.25, 0.3) is 27.7 Å². The average molecular weight is 576 g/mol. The molecule has 6 aromatic rings. The van der Waals surface area contributed by atoms with Crippen molar-refractivity contribution in [1.29, 1.82) is 0 Å². The van der Waals surface area contributed by atoms with Crippen LogP contribution in [0, 0.1) is 32.4 Å². The van der Waals surface area contributed by atoms with Crippen LogP contribution in [0.4, 0.5) is 8.78 Å². The summed E-state index contributed by atoms with van der Waals surface area (Å²) in [6.07, 6.45) is 2.86. The van der Waals surface area contributed by atoms with E-state index >= 15 is 0 Å². The van der Waals surface area contributed by atoms with Gasteiger partial charge >= 0.3 is 0 Å². The van der Waals surface area contributed by atoms with Crippen molar-refractivity contribution in [3.05, 3.63) is 106 Å². The summed E-state index contributed by atoms with van der Waals surface area (Å²) in [5.41, 5.74) is 2.48. The van der Waals surface area contributed by atoms with Crippen LogP contribution < -0.4 is 10.3 Å². The van der Waals surface area contributed by atoms with E-state index in [1.54, 1.807) is 32.0 Å². The minimum absolute atomic E-state index is 0.0233. The van der Waals surface area contributed by atoms with Crippen LogP contribution in [-0.2, 0) is 17.1 Å². The molecule has 0 spiro atoms. The summed E-state index contributed by atoms with van der Waals surface area (Å²) in [7, 11) is -2.63. The molecule has 6 rings (SSSR count). The number of aromatic nitrogens is 5. The van der Waals surface area contributed by atoms with Crippen molar-refractivity contribution in [1.82, 2.24) is 23.1 Å². The monoisotopic (exact) mass is 575 g/mol. The molecule has 0 N–H and O–H groups in total. The van der Waals surface area contributed by atoms with Gasteiger partial charge in [-0.3, -0.25) is 4.79 Å². The molecule has 0 unspecified atom stereocenters. The summed E-state index contributed by atoms with van der Waals surface area (Å²) in [6.45, 7) is 5.31. The Bertz CT molecular complexity index is 2180. The van der Waals surface area contributed by atoms with Gasteiger partial charge in [-0.1, -0.05) is 17.7 Å².